The van der Waals surface area contributed by atoms with Crippen molar-refractivity contribution in [1.29, 1.82) is 0 Å². The van der Waals surface area contributed by atoms with Crippen LogP contribution in [0, 0.1) is 6.92 Å². The zero-order chi connectivity index (χ0) is 21.4. The zero-order valence-electron chi connectivity index (χ0n) is 15.9. The Labute approximate surface area is 166 Å². The van der Waals surface area contributed by atoms with Crippen molar-refractivity contribution in [2.75, 3.05) is 13.7 Å². The standard InChI is InChI=1S/C21H20F3NO4/c1-15-5-3-4-6-17(15)13-25(2)19(26)14-28-20(27)12-9-16-7-10-18(11-8-16)29-21(22,23)24/h3-12H,13-14H2,1-2H3/b12-9+. The molecular weight excluding hydrogens is 387 g/mol. The summed E-state index contributed by atoms with van der Waals surface area (Å²) in [6, 6.07) is 12.6. The minimum atomic E-state index is -4.76. The second-order valence-corrected chi connectivity index (χ2v) is 6.23. The average Bonchev–Trinajstić information content (AvgIpc) is 2.66. The van der Waals surface area contributed by atoms with E-state index in [-0.39, 0.29) is 11.7 Å². The first-order chi connectivity index (χ1) is 13.6. The number of aryl methyl sites for hydroxylation is 1. The van der Waals surface area contributed by atoms with Gasteiger partial charge in [0.15, 0.2) is 6.61 Å². The molecular formula is C21H20F3NO4. The summed E-state index contributed by atoms with van der Waals surface area (Å²) in [5.41, 5.74) is 2.52. The molecule has 29 heavy (non-hydrogen) atoms. The van der Waals surface area contributed by atoms with E-state index < -0.39 is 18.9 Å². The van der Waals surface area contributed by atoms with E-state index in [2.05, 4.69) is 4.74 Å². The smallest absolute Gasteiger partial charge is 0.452 e. The number of halogens is 3. The molecule has 154 valence electrons. The van der Waals surface area contributed by atoms with Crippen LogP contribution in [0.4, 0.5) is 13.2 Å². The summed E-state index contributed by atoms with van der Waals surface area (Å²) < 4.78 is 45.0. The lowest BCUT2D eigenvalue weighted by molar-refractivity contribution is -0.274. The topological polar surface area (TPSA) is 55.8 Å². The molecule has 0 spiro atoms. The zero-order valence-corrected chi connectivity index (χ0v) is 15.9. The third kappa shape index (κ3) is 7.69. The molecule has 8 heteroatoms. The summed E-state index contributed by atoms with van der Waals surface area (Å²) >= 11 is 0. The summed E-state index contributed by atoms with van der Waals surface area (Å²) in [6.07, 6.45) is -2.31. The number of hydrogen-bond acceptors (Lipinski definition) is 4. The highest BCUT2D eigenvalue weighted by atomic mass is 19.4. The van der Waals surface area contributed by atoms with Gasteiger partial charge in [0.05, 0.1) is 0 Å². The molecule has 0 radical (unpaired) electrons. The third-order valence-electron chi connectivity index (χ3n) is 3.96. The minimum absolute atomic E-state index is 0.358. The van der Waals surface area contributed by atoms with Gasteiger partial charge in [0.2, 0.25) is 0 Å². The number of amides is 1. The number of rotatable bonds is 7. The number of carbonyl (C=O) groups excluding carboxylic acids is 2. The van der Waals surface area contributed by atoms with Gasteiger partial charge in [-0.3, -0.25) is 4.79 Å². The lowest BCUT2D eigenvalue weighted by atomic mass is 10.1. The van der Waals surface area contributed by atoms with Gasteiger partial charge in [0, 0.05) is 19.7 Å². The average molecular weight is 407 g/mol. The highest BCUT2D eigenvalue weighted by Crippen LogP contribution is 2.23. The number of alkyl halides is 3. The van der Waals surface area contributed by atoms with Gasteiger partial charge in [-0.1, -0.05) is 36.4 Å². The fraction of sp³-hybridized carbons (Fsp3) is 0.238. The van der Waals surface area contributed by atoms with E-state index in [1.165, 1.54) is 23.1 Å². The van der Waals surface area contributed by atoms with Gasteiger partial charge in [-0.15, -0.1) is 13.2 Å². The molecule has 2 rings (SSSR count). The normalized spacial score (nSPS) is 11.3. The number of esters is 1. The molecule has 2 aromatic carbocycles. The van der Waals surface area contributed by atoms with Gasteiger partial charge < -0.3 is 14.4 Å². The van der Waals surface area contributed by atoms with Gasteiger partial charge in [0.1, 0.15) is 5.75 Å². The van der Waals surface area contributed by atoms with Crippen LogP contribution in [0.2, 0.25) is 0 Å². The number of ether oxygens (including phenoxy) is 2. The predicted octanol–water partition coefficient (Wildman–Crippen LogP) is 4.11. The van der Waals surface area contributed by atoms with E-state index in [9.17, 15) is 22.8 Å². The van der Waals surface area contributed by atoms with Crippen molar-refractivity contribution < 1.29 is 32.2 Å². The van der Waals surface area contributed by atoms with Crippen LogP contribution in [0.25, 0.3) is 6.08 Å². The fourth-order valence-electron chi connectivity index (χ4n) is 2.37. The fourth-order valence-corrected chi connectivity index (χ4v) is 2.37. The van der Waals surface area contributed by atoms with Crippen LogP contribution in [0.3, 0.4) is 0 Å². The number of likely N-dealkylation sites (N-methyl/N-ethyl adjacent to an activating group) is 1. The summed E-state index contributed by atoms with van der Waals surface area (Å²) in [7, 11) is 1.61. The molecule has 0 aliphatic carbocycles. The third-order valence-corrected chi connectivity index (χ3v) is 3.96. The second-order valence-electron chi connectivity index (χ2n) is 6.23. The molecule has 0 aliphatic rings. The van der Waals surface area contributed by atoms with Crippen molar-refractivity contribution in [1.82, 2.24) is 4.90 Å². The number of hydrogen-bond donors (Lipinski definition) is 0. The highest BCUT2D eigenvalue weighted by Gasteiger charge is 2.30. The molecule has 1 amide bonds. The van der Waals surface area contributed by atoms with Gasteiger partial charge in [-0.05, 0) is 41.8 Å². The summed E-state index contributed by atoms with van der Waals surface area (Å²) in [5, 5.41) is 0. The molecule has 2 aromatic rings. The Balaban J connectivity index is 1.81. The van der Waals surface area contributed by atoms with Gasteiger partial charge in [-0.25, -0.2) is 4.79 Å². The van der Waals surface area contributed by atoms with Crippen molar-refractivity contribution >= 4 is 18.0 Å². The van der Waals surface area contributed by atoms with Gasteiger partial charge in [-0.2, -0.15) is 0 Å². The maximum Gasteiger partial charge on any atom is 0.573 e. The van der Waals surface area contributed by atoms with Crippen LogP contribution < -0.4 is 4.74 Å². The first kappa shape index (κ1) is 22.0. The number of carbonyl (C=O) groups is 2. The van der Waals surface area contributed by atoms with Crippen LogP contribution in [0.15, 0.2) is 54.6 Å². The van der Waals surface area contributed by atoms with Crippen molar-refractivity contribution in [2.24, 2.45) is 0 Å². The highest BCUT2D eigenvalue weighted by molar-refractivity contribution is 5.89. The predicted molar refractivity (Wildman–Crippen MR) is 101 cm³/mol. The molecule has 0 saturated carbocycles. The van der Waals surface area contributed by atoms with Crippen LogP contribution in [-0.4, -0.2) is 36.8 Å². The van der Waals surface area contributed by atoms with Crippen molar-refractivity contribution in [3.8, 4) is 5.75 Å². The van der Waals surface area contributed by atoms with E-state index in [1.807, 2.05) is 31.2 Å². The Bertz CT molecular complexity index is 876. The SMILES string of the molecule is Cc1ccccc1CN(C)C(=O)COC(=O)/C=C/c1ccc(OC(F)(F)F)cc1. The van der Waals surface area contributed by atoms with E-state index in [4.69, 9.17) is 4.74 Å². The summed E-state index contributed by atoms with van der Waals surface area (Å²) in [5.74, 6) is -1.46. The van der Waals surface area contributed by atoms with E-state index in [1.54, 1.807) is 7.05 Å². The Morgan fingerprint density at radius 3 is 2.34 bits per heavy atom. The molecule has 0 aliphatic heterocycles. The van der Waals surface area contributed by atoms with E-state index in [0.29, 0.717) is 12.1 Å². The maximum atomic E-state index is 12.1. The second kappa shape index (κ2) is 9.77. The quantitative estimate of drug-likeness (QED) is 0.512. The molecule has 0 fully saturated rings. The van der Waals surface area contributed by atoms with Crippen LogP contribution in [-0.2, 0) is 20.9 Å². The van der Waals surface area contributed by atoms with Crippen LogP contribution in [0.5, 0.6) is 5.75 Å². The van der Waals surface area contributed by atoms with E-state index >= 15 is 0 Å². The lowest BCUT2D eigenvalue weighted by Crippen LogP contribution is -2.30. The minimum Gasteiger partial charge on any atom is -0.452 e. The lowest BCUT2D eigenvalue weighted by Gasteiger charge is -2.18. The molecule has 0 atom stereocenters. The molecule has 5 nitrogen and oxygen atoms in total. The molecule has 0 saturated heterocycles. The molecule has 0 N–H and O–H groups in total. The summed E-state index contributed by atoms with van der Waals surface area (Å²) in [4.78, 5) is 25.3. The molecule has 0 heterocycles. The van der Waals surface area contributed by atoms with Crippen molar-refractivity contribution in [3.63, 3.8) is 0 Å². The Kier molecular flexibility index (Phi) is 7.41. The molecule has 0 bridgehead atoms. The molecule has 0 aromatic heterocycles. The van der Waals surface area contributed by atoms with Crippen LogP contribution >= 0.6 is 0 Å². The summed E-state index contributed by atoms with van der Waals surface area (Å²) in [6.45, 7) is 1.93. The van der Waals surface area contributed by atoms with E-state index in [0.717, 1.165) is 29.3 Å². The van der Waals surface area contributed by atoms with Crippen LogP contribution in [0.1, 0.15) is 16.7 Å². The first-order valence-electron chi connectivity index (χ1n) is 8.63. The Morgan fingerprint density at radius 1 is 1.07 bits per heavy atom. The largest absolute Gasteiger partial charge is 0.573 e. The van der Waals surface area contributed by atoms with Gasteiger partial charge in [0.25, 0.3) is 5.91 Å². The monoisotopic (exact) mass is 407 g/mol. The van der Waals surface area contributed by atoms with Crippen molar-refractivity contribution in [3.05, 3.63) is 71.3 Å². The maximum absolute atomic E-state index is 12.1. The van der Waals surface area contributed by atoms with Gasteiger partial charge >= 0.3 is 12.3 Å². The number of nitrogens with zero attached hydrogens (tertiary/aromatic N) is 1. The Morgan fingerprint density at radius 2 is 1.72 bits per heavy atom. The van der Waals surface area contributed by atoms with Crippen molar-refractivity contribution in [2.45, 2.75) is 19.8 Å². The Hall–Kier alpha value is -3.29. The molecule has 0 unspecified atom stereocenters. The number of benzene rings is 2. The first-order valence-corrected chi connectivity index (χ1v) is 8.63.